The van der Waals surface area contributed by atoms with Gasteiger partial charge < -0.3 is 0 Å². The average Bonchev–Trinajstić information content (AvgIpc) is 2.71. The number of aryl methyl sites for hydroxylation is 1. The molecule has 0 aliphatic rings. The first-order valence-electron chi connectivity index (χ1n) is 7.44. The molecule has 0 atom stereocenters. The molecule has 120 valence electrons. The summed E-state index contributed by atoms with van der Waals surface area (Å²) in [5.74, 6) is 0. The van der Waals surface area contributed by atoms with Crippen molar-refractivity contribution in [3.05, 3.63) is 46.2 Å². The maximum Gasteiger partial charge on any atom is 0.328 e. The van der Waals surface area contributed by atoms with Gasteiger partial charge in [-0.05, 0) is 17.5 Å². The third kappa shape index (κ3) is 2.88. The fourth-order valence-electron chi connectivity index (χ4n) is 2.70. The lowest BCUT2D eigenvalue weighted by molar-refractivity contribution is 0.342. The molecule has 0 radical (unpaired) electrons. The largest absolute Gasteiger partial charge is 0.328 e. The summed E-state index contributed by atoms with van der Waals surface area (Å²) < 4.78 is 3.48. The first-order chi connectivity index (χ1) is 10.8. The van der Waals surface area contributed by atoms with Gasteiger partial charge in [0.2, 0.25) is 0 Å². The van der Waals surface area contributed by atoms with Gasteiger partial charge >= 0.3 is 5.69 Å². The van der Waals surface area contributed by atoms with Gasteiger partial charge in [0.1, 0.15) is 5.69 Å². The lowest BCUT2D eigenvalue weighted by Gasteiger charge is -2.18. The molecule has 0 saturated heterocycles. The molecule has 3 rings (SSSR count). The number of rotatable bonds is 2. The molecule has 3 aromatic rings. The fraction of sp³-hybridized carbons (Fsp3) is 0.353. The van der Waals surface area contributed by atoms with Gasteiger partial charge in [0.25, 0.3) is 0 Å². The van der Waals surface area contributed by atoms with Crippen molar-refractivity contribution in [3.63, 3.8) is 0 Å². The molecule has 0 aliphatic heterocycles. The van der Waals surface area contributed by atoms with Gasteiger partial charge in [-0.25, -0.2) is 9.78 Å². The summed E-state index contributed by atoms with van der Waals surface area (Å²) in [7, 11) is 1.78. The zero-order chi connectivity index (χ0) is 16.8. The van der Waals surface area contributed by atoms with Gasteiger partial charge in [-0.2, -0.15) is 0 Å². The van der Waals surface area contributed by atoms with E-state index in [0.717, 1.165) is 16.6 Å². The SMILES string of the molecule is Cn1c(=O)n(CC(C)(C)C)c2ccc(-c3nccnc3Cl)cc21. The summed E-state index contributed by atoms with van der Waals surface area (Å²) in [5.41, 5.74) is 3.24. The van der Waals surface area contributed by atoms with Crippen molar-refractivity contribution < 1.29 is 0 Å². The van der Waals surface area contributed by atoms with Crippen LogP contribution in [0.2, 0.25) is 5.15 Å². The van der Waals surface area contributed by atoms with E-state index in [1.54, 1.807) is 24.0 Å². The number of imidazole rings is 1. The Balaban J connectivity index is 2.21. The second-order valence-electron chi connectivity index (χ2n) is 6.89. The van der Waals surface area contributed by atoms with E-state index in [1.807, 2.05) is 22.8 Å². The Labute approximate surface area is 139 Å². The highest BCUT2D eigenvalue weighted by molar-refractivity contribution is 6.31. The number of hydrogen-bond donors (Lipinski definition) is 0. The lowest BCUT2D eigenvalue weighted by Crippen LogP contribution is -2.27. The van der Waals surface area contributed by atoms with Crippen molar-refractivity contribution in [1.29, 1.82) is 0 Å². The van der Waals surface area contributed by atoms with E-state index in [0.29, 0.717) is 17.4 Å². The van der Waals surface area contributed by atoms with E-state index >= 15 is 0 Å². The molecule has 5 nitrogen and oxygen atoms in total. The third-order valence-corrected chi connectivity index (χ3v) is 3.98. The fourth-order valence-corrected chi connectivity index (χ4v) is 2.91. The van der Waals surface area contributed by atoms with Crippen molar-refractivity contribution in [2.24, 2.45) is 12.5 Å². The van der Waals surface area contributed by atoms with E-state index in [1.165, 1.54) is 0 Å². The molecule has 0 N–H and O–H groups in total. The molecule has 0 aliphatic carbocycles. The normalized spacial score (nSPS) is 12.0. The van der Waals surface area contributed by atoms with Gasteiger partial charge in [-0.3, -0.25) is 14.1 Å². The van der Waals surface area contributed by atoms with Crippen LogP contribution in [0.5, 0.6) is 0 Å². The summed E-state index contributed by atoms with van der Waals surface area (Å²) in [6.07, 6.45) is 3.16. The Morgan fingerprint density at radius 2 is 1.83 bits per heavy atom. The second-order valence-corrected chi connectivity index (χ2v) is 7.25. The molecular weight excluding hydrogens is 312 g/mol. The van der Waals surface area contributed by atoms with Crippen LogP contribution in [0.4, 0.5) is 0 Å². The minimum atomic E-state index is -0.0164. The first-order valence-corrected chi connectivity index (χ1v) is 7.82. The van der Waals surface area contributed by atoms with E-state index in [-0.39, 0.29) is 11.1 Å². The molecule has 0 saturated carbocycles. The topological polar surface area (TPSA) is 52.7 Å². The zero-order valence-corrected chi connectivity index (χ0v) is 14.4. The standard InChI is InChI=1S/C17H19ClN4O/c1-17(2,3)10-22-12-6-5-11(9-13(12)21(4)16(22)23)14-15(18)20-8-7-19-14/h5-9H,10H2,1-4H3. The van der Waals surface area contributed by atoms with Crippen LogP contribution in [0.1, 0.15) is 20.8 Å². The lowest BCUT2D eigenvalue weighted by atomic mass is 9.97. The highest BCUT2D eigenvalue weighted by Crippen LogP contribution is 2.27. The molecule has 0 bridgehead atoms. The smallest absolute Gasteiger partial charge is 0.295 e. The Morgan fingerprint density at radius 3 is 2.48 bits per heavy atom. The van der Waals surface area contributed by atoms with Crippen LogP contribution in [0.15, 0.2) is 35.4 Å². The quantitative estimate of drug-likeness (QED) is 0.722. The summed E-state index contributed by atoms with van der Waals surface area (Å²) in [6, 6.07) is 5.81. The van der Waals surface area contributed by atoms with E-state index < -0.39 is 0 Å². The predicted molar refractivity (Wildman–Crippen MR) is 92.7 cm³/mol. The number of fused-ring (bicyclic) bond motifs is 1. The van der Waals surface area contributed by atoms with Crippen LogP contribution < -0.4 is 5.69 Å². The van der Waals surface area contributed by atoms with E-state index in [4.69, 9.17) is 11.6 Å². The van der Waals surface area contributed by atoms with Crippen LogP contribution in [-0.2, 0) is 13.6 Å². The number of hydrogen-bond acceptors (Lipinski definition) is 3. The summed E-state index contributed by atoms with van der Waals surface area (Å²) in [4.78, 5) is 20.9. The molecule has 0 fully saturated rings. The molecule has 0 unspecified atom stereocenters. The van der Waals surface area contributed by atoms with Crippen molar-refractivity contribution in [3.8, 4) is 11.3 Å². The van der Waals surface area contributed by atoms with Crippen LogP contribution >= 0.6 is 11.6 Å². The van der Waals surface area contributed by atoms with Crippen LogP contribution in [0, 0.1) is 5.41 Å². The van der Waals surface area contributed by atoms with Crippen LogP contribution in [0.25, 0.3) is 22.3 Å². The summed E-state index contributed by atoms with van der Waals surface area (Å²) >= 11 is 6.13. The van der Waals surface area contributed by atoms with Crippen molar-refractivity contribution in [2.45, 2.75) is 27.3 Å². The van der Waals surface area contributed by atoms with Crippen molar-refractivity contribution in [1.82, 2.24) is 19.1 Å². The Bertz CT molecular complexity index is 934. The highest BCUT2D eigenvalue weighted by atomic mass is 35.5. The van der Waals surface area contributed by atoms with E-state index in [9.17, 15) is 4.79 Å². The van der Waals surface area contributed by atoms with Crippen LogP contribution in [0.3, 0.4) is 0 Å². The minimum Gasteiger partial charge on any atom is -0.295 e. The molecule has 0 amide bonds. The number of halogens is 1. The van der Waals surface area contributed by atoms with Crippen molar-refractivity contribution >= 4 is 22.6 Å². The number of aromatic nitrogens is 4. The van der Waals surface area contributed by atoms with Gasteiger partial charge in [0.15, 0.2) is 5.15 Å². The van der Waals surface area contributed by atoms with Gasteiger partial charge in [0, 0.05) is 31.5 Å². The summed E-state index contributed by atoms with van der Waals surface area (Å²) in [6.45, 7) is 7.01. The van der Waals surface area contributed by atoms with Crippen LogP contribution in [-0.4, -0.2) is 19.1 Å². The maximum atomic E-state index is 12.6. The average molecular weight is 331 g/mol. The zero-order valence-electron chi connectivity index (χ0n) is 13.7. The molecule has 2 heterocycles. The van der Waals surface area contributed by atoms with Gasteiger partial charge in [-0.15, -0.1) is 0 Å². The minimum absolute atomic E-state index is 0.0164. The first kappa shape index (κ1) is 15.7. The Kier molecular flexibility index (Phi) is 3.76. The summed E-state index contributed by atoms with van der Waals surface area (Å²) in [5, 5.41) is 0.353. The number of benzene rings is 1. The Morgan fingerprint density at radius 1 is 1.13 bits per heavy atom. The molecule has 1 aromatic carbocycles. The highest BCUT2D eigenvalue weighted by Gasteiger charge is 2.18. The van der Waals surface area contributed by atoms with Gasteiger partial charge in [0.05, 0.1) is 11.0 Å². The third-order valence-electron chi connectivity index (χ3n) is 3.70. The number of nitrogens with zero attached hydrogens (tertiary/aromatic N) is 4. The molecule has 6 heteroatoms. The molecule has 0 spiro atoms. The molecule has 23 heavy (non-hydrogen) atoms. The second kappa shape index (κ2) is 5.49. The van der Waals surface area contributed by atoms with Gasteiger partial charge in [-0.1, -0.05) is 38.4 Å². The van der Waals surface area contributed by atoms with E-state index in [2.05, 4.69) is 30.7 Å². The molecular formula is C17H19ClN4O. The predicted octanol–water partition coefficient (Wildman–Crippen LogP) is 3.50. The monoisotopic (exact) mass is 330 g/mol. The maximum absolute atomic E-state index is 12.6. The Hall–Kier alpha value is -2.14. The van der Waals surface area contributed by atoms with Crippen molar-refractivity contribution in [2.75, 3.05) is 0 Å². The molecule has 2 aromatic heterocycles.